The summed E-state index contributed by atoms with van der Waals surface area (Å²) in [6.07, 6.45) is 4.19. The van der Waals surface area contributed by atoms with E-state index in [4.69, 9.17) is 0 Å². The second-order valence-corrected chi connectivity index (χ2v) is 5.28. The van der Waals surface area contributed by atoms with Gasteiger partial charge in [0.2, 0.25) is 11.7 Å². The minimum absolute atomic E-state index is 0.182. The number of aromatic amines is 1. The van der Waals surface area contributed by atoms with Gasteiger partial charge in [0.15, 0.2) is 0 Å². The largest absolute Gasteiger partial charge is 0.492 e. The average Bonchev–Trinajstić information content (AvgIpc) is 2.42. The van der Waals surface area contributed by atoms with Crippen LogP contribution in [0, 0.1) is 5.82 Å². The lowest BCUT2D eigenvalue weighted by molar-refractivity contribution is 0.156. The molecule has 1 aromatic rings. The molecule has 1 saturated heterocycles. The van der Waals surface area contributed by atoms with E-state index in [-0.39, 0.29) is 6.54 Å². The first-order valence-corrected chi connectivity index (χ1v) is 6.96. The fourth-order valence-electron chi connectivity index (χ4n) is 2.66. The Labute approximate surface area is 115 Å². The van der Waals surface area contributed by atoms with Gasteiger partial charge >= 0.3 is 5.69 Å². The lowest BCUT2D eigenvalue weighted by Crippen LogP contribution is -2.39. The molecule has 2 rings (SSSR count). The quantitative estimate of drug-likeness (QED) is 0.851. The van der Waals surface area contributed by atoms with Gasteiger partial charge in [-0.15, -0.1) is 0 Å². The molecular formula is C13H20FN3O3. The van der Waals surface area contributed by atoms with Crippen LogP contribution >= 0.6 is 0 Å². The van der Waals surface area contributed by atoms with Crippen molar-refractivity contribution in [3.63, 3.8) is 0 Å². The molecule has 0 amide bonds. The third-order valence-corrected chi connectivity index (χ3v) is 3.88. The van der Waals surface area contributed by atoms with Crippen LogP contribution in [0.1, 0.15) is 32.6 Å². The highest BCUT2D eigenvalue weighted by Crippen LogP contribution is 2.16. The van der Waals surface area contributed by atoms with Crippen molar-refractivity contribution in [2.75, 3.05) is 13.1 Å². The van der Waals surface area contributed by atoms with E-state index in [0.29, 0.717) is 12.5 Å². The molecule has 20 heavy (non-hydrogen) atoms. The Morgan fingerprint density at radius 2 is 2.10 bits per heavy atom. The average molecular weight is 285 g/mol. The third kappa shape index (κ3) is 3.09. The van der Waals surface area contributed by atoms with Crippen LogP contribution in [-0.4, -0.2) is 38.7 Å². The summed E-state index contributed by atoms with van der Waals surface area (Å²) in [7, 11) is 0. The molecule has 1 unspecified atom stereocenters. The fourth-order valence-corrected chi connectivity index (χ4v) is 2.66. The maximum Gasteiger partial charge on any atom is 0.331 e. The summed E-state index contributed by atoms with van der Waals surface area (Å²) >= 11 is 0. The predicted molar refractivity (Wildman–Crippen MR) is 72.4 cm³/mol. The number of aromatic hydroxyl groups is 1. The summed E-state index contributed by atoms with van der Waals surface area (Å²) in [6.45, 7) is 4.17. The number of nitrogens with one attached hydrogen (secondary N) is 1. The van der Waals surface area contributed by atoms with Gasteiger partial charge in [-0.25, -0.2) is 4.79 Å². The zero-order valence-corrected chi connectivity index (χ0v) is 11.6. The molecule has 1 aliphatic heterocycles. The minimum Gasteiger partial charge on any atom is -0.492 e. The summed E-state index contributed by atoms with van der Waals surface area (Å²) in [5.41, 5.74) is -1.96. The topological polar surface area (TPSA) is 78.3 Å². The molecule has 1 aliphatic rings. The number of nitrogens with zero attached hydrogens (tertiary/aromatic N) is 2. The highest BCUT2D eigenvalue weighted by atomic mass is 19.1. The first-order chi connectivity index (χ1) is 9.50. The predicted octanol–water partition coefficient (Wildman–Crippen LogP) is 0.646. The minimum atomic E-state index is -1.31. The molecular weight excluding hydrogens is 265 g/mol. The number of hydrogen-bond donors (Lipinski definition) is 2. The van der Waals surface area contributed by atoms with Gasteiger partial charge in [-0.1, -0.05) is 6.42 Å². The van der Waals surface area contributed by atoms with Crippen molar-refractivity contribution in [3.8, 4) is 5.88 Å². The standard InChI is InChI=1S/C13H20FN3O3/c1-9-5-2-3-6-16(9)7-4-8-17-12(19)10(14)11(18)15-13(17)20/h9,19H,2-8H2,1H3,(H,15,18,20). The number of halogens is 1. The molecule has 0 spiro atoms. The summed E-state index contributed by atoms with van der Waals surface area (Å²) in [6, 6.07) is 0.515. The van der Waals surface area contributed by atoms with Crippen LogP contribution in [0.5, 0.6) is 5.88 Å². The van der Waals surface area contributed by atoms with Crippen molar-refractivity contribution < 1.29 is 9.50 Å². The molecule has 1 aromatic heterocycles. The van der Waals surface area contributed by atoms with E-state index in [1.54, 1.807) is 0 Å². The molecule has 112 valence electrons. The van der Waals surface area contributed by atoms with Gasteiger partial charge in [-0.05, 0) is 32.7 Å². The van der Waals surface area contributed by atoms with Crippen molar-refractivity contribution >= 4 is 0 Å². The van der Waals surface area contributed by atoms with Gasteiger partial charge < -0.3 is 10.0 Å². The summed E-state index contributed by atoms with van der Waals surface area (Å²) in [5.74, 6) is -2.19. The number of H-pyrrole nitrogens is 1. The van der Waals surface area contributed by atoms with E-state index in [9.17, 15) is 19.1 Å². The molecule has 0 aliphatic carbocycles. The van der Waals surface area contributed by atoms with E-state index >= 15 is 0 Å². The molecule has 0 saturated carbocycles. The van der Waals surface area contributed by atoms with Crippen LogP contribution in [0.3, 0.4) is 0 Å². The van der Waals surface area contributed by atoms with Gasteiger partial charge in [-0.3, -0.25) is 14.3 Å². The number of hydrogen-bond acceptors (Lipinski definition) is 4. The first kappa shape index (κ1) is 14.8. The maximum atomic E-state index is 13.3. The van der Waals surface area contributed by atoms with Gasteiger partial charge in [0.05, 0.1) is 0 Å². The van der Waals surface area contributed by atoms with Crippen LogP contribution in [0.4, 0.5) is 4.39 Å². The molecule has 7 heteroatoms. The highest BCUT2D eigenvalue weighted by Gasteiger charge is 2.18. The lowest BCUT2D eigenvalue weighted by Gasteiger charge is -2.33. The van der Waals surface area contributed by atoms with Crippen molar-refractivity contribution in [2.45, 2.75) is 45.2 Å². The van der Waals surface area contributed by atoms with E-state index in [1.807, 2.05) is 4.98 Å². The highest BCUT2D eigenvalue weighted by molar-refractivity contribution is 5.09. The molecule has 2 heterocycles. The molecule has 0 radical (unpaired) electrons. The Balaban J connectivity index is 1.99. The second-order valence-electron chi connectivity index (χ2n) is 5.28. The van der Waals surface area contributed by atoms with Crippen LogP contribution in [0.15, 0.2) is 9.59 Å². The van der Waals surface area contributed by atoms with Crippen LogP contribution in [0.25, 0.3) is 0 Å². The van der Waals surface area contributed by atoms with Gasteiger partial charge in [0, 0.05) is 19.1 Å². The molecule has 0 bridgehead atoms. The van der Waals surface area contributed by atoms with Gasteiger partial charge in [0.1, 0.15) is 0 Å². The third-order valence-electron chi connectivity index (χ3n) is 3.88. The van der Waals surface area contributed by atoms with Gasteiger partial charge in [0.25, 0.3) is 5.56 Å². The summed E-state index contributed by atoms with van der Waals surface area (Å²) in [4.78, 5) is 26.7. The van der Waals surface area contributed by atoms with E-state index < -0.39 is 22.9 Å². The van der Waals surface area contributed by atoms with E-state index in [2.05, 4.69) is 11.8 Å². The second kappa shape index (κ2) is 6.21. The van der Waals surface area contributed by atoms with Gasteiger partial charge in [-0.2, -0.15) is 4.39 Å². The molecule has 1 fully saturated rings. The van der Waals surface area contributed by atoms with Crippen LogP contribution in [-0.2, 0) is 6.54 Å². The Kier molecular flexibility index (Phi) is 4.59. The molecule has 0 aromatic carbocycles. The maximum absolute atomic E-state index is 13.3. The van der Waals surface area contributed by atoms with Crippen molar-refractivity contribution in [3.05, 3.63) is 26.7 Å². The number of piperidine rings is 1. The molecule has 2 N–H and O–H groups in total. The first-order valence-electron chi connectivity index (χ1n) is 6.96. The number of rotatable bonds is 4. The smallest absolute Gasteiger partial charge is 0.331 e. The normalized spacial score (nSPS) is 20.2. The Bertz CT molecular complexity index is 581. The van der Waals surface area contributed by atoms with E-state index in [1.165, 1.54) is 19.3 Å². The van der Waals surface area contributed by atoms with Crippen LogP contribution in [0.2, 0.25) is 0 Å². The Hall–Kier alpha value is -1.63. The summed E-state index contributed by atoms with van der Waals surface area (Å²) < 4.78 is 14.1. The van der Waals surface area contributed by atoms with E-state index in [0.717, 1.165) is 17.7 Å². The zero-order chi connectivity index (χ0) is 14.7. The Morgan fingerprint density at radius 1 is 1.35 bits per heavy atom. The van der Waals surface area contributed by atoms with Crippen molar-refractivity contribution in [1.82, 2.24) is 14.5 Å². The number of likely N-dealkylation sites (tertiary alicyclic amines) is 1. The molecule has 6 nitrogen and oxygen atoms in total. The zero-order valence-electron chi connectivity index (χ0n) is 11.6. The SMILES string of the molecule is CC1CCCCN1CCCn1c(O)c(F)c(=O)[nH]c1=O. The summed E-state index contributed by atoms with van der Waals surface area (Å²) in [5, 5.41) is 9.50. The van der Waals surface area contributed by atoms with Crippen molar-refractivity contribution in [1.29, 1.82) is 0 Å². The number of aromatic nitrogens is 2. The van der Waals surface area contributed by atoms with Crippen LogP contribution < -0.4 is 11.2 Å². The monoisotopic (exact) mass is 285 g/mol. The van der Waals surface area contributed by atoms with Crippen molar-refractivity contribution in [2.24, 2.45) is 0 Å². The molecule has 1 atom stereocenters. The Morgan fingerprint density at radius 3 is 2.80 bits per heavy atom. The fraction of sp³-hybridized carbons (Fsp3) is 0.692. The lowest BCUT2D eigenvalue weighted by atomic mass is 10.0.